The minimum absolute atomic E-state index is 0.0484. The predicted octanol–water partition coefficient (Wildman–Crippen LogP) is 3.65. The van der Waals surface area contributed by atoms with Gasteiger partial charge in [0.1, 0.15) is 7.85 Å². The molecule has 1 aliphatic rings. The lowest BCUT2D eigenvalue weighted by molar-refractivity contribution is 0.0350. The van der Waals surface area contributed by atoms with E-state index in [9.17, 15) is 9.46 Å². The Morgan fingerprint density at radius 3 is 2.04 bits per heavy atom. The number of phosphoric ester groups is 1. The lowest BCUT2D eigenvalue weighted by Crippen LogP contribution is -2.16. The van der Waals surface area contributed by atoms with Gasteiger partial charge >= 0.3 is 7.82 Å². The minimum atomic E-state index is -3.97. The van der Waals surface area contributed by atoms with Crippen molar-refractivity contribution in [1.29, 1.82) is 0 Å². The fraction of sp³-hybridized carbons (Fsp3) is 1.00. The number of rotatable bonds is 16. The van der Waals surface area contributed by atoms with Crippen LogP contribution >= 0.6 is 7.82 Å². The number of phosphoric acid groups is 1. The van der Waals surface area contributed by atoms with Crippen molar-refractivity contribution in [3.63, 3.8) is 0 Å². The summed E-state index contributed by atoms with van der Waals surface area (Å²) in [6.07, 6.45) is 12.9. The van der Waals surface area contributed by atoms with E-state index in [-0.39, 0.29) is 25.3 Å². The average Bonchev–Trinajstić information content (AvgIpc) is 3.00. The average molecular weight is 375 g/mol. The van der Waals surface area contributed by atoms with Crippen molar-refractivity contribution < 1.29 is 23.2 Å². The topological polar surface area (TPSA) is 91.0 Å². The van der Waals surface area contributed by atoms with Crippen LogP contribution in [0.5, 0.6) is 0 Å². The summed E-state index contributed by atoms with van der Waals surface area (Å²) in [4.78, 5) is 9.62. The maximum Gasteiger partial charge on any atom is 0.472 e. The van der Waals surface area contributed by atoms with Crippen LogP contribution in [0.3, 0.4) is 0 Å². The van der Waals surface area contributed by atoms with E-state index in [1.807, 2.05) is 0 Å². The summed E-state index contributed by atoms with van der Waals surface area (Å²) in [5.41, 5.74) is 5.46. The van der Waals surface area contributed by atoms with Gasteiger partial charge in [-0.25, -0.2) is 4.57 Å². The molecule has 1 unspecified atom stereocenters. The molecule has 3 atom stereocenters. The molecule has 0 saturated carbocycles. The molecule has 0 aromatic heterocycles. The van der Waals surface area contributed by atoms with E-state index in [1.165, 1.54) is 38.5 Å². The molecule has 1 rings (SSSR count). The smallest absolute Gasteiger partial charge is 0.382 e. The Kier molecular flexibility index (Phi) is 13.1. The third-order valence-electron chi connectivity index (χ3n) is 4.42. The predicted molar refractivity (Wildman–Crippen MR) is 101 cm³/mol. The summed E-state index contributed by atoms with van der Waals surface area (Å²) < 4.78 is 27.0. The first-order valence-corrected chi connectivity index (χ1v) is 11.3. The molecule has 0 aromatic carbocycles. The summed E-state index contributed by atoms with van der Waals surface area (Å²) in [5, 5.41) is 0. The molecule has 25 heavy (non-hydrogen) atoms. The van der Waals surface area contributed by atoms with Crippen LogP contribution in [0.1, 0.15) is 77.0 Å². The van der Waals surface area contributed by atoms with Gasteiger partial charge in [-0.15, -0.1) is 0 Å². The van der Waals surface area contributed by atoms with Crippen molar-refractivity contribution in [2.45, 2.75) is 89.2 Å². The molecule has 1 aliphatic heterocycles. The number of hydrogen-bond acceptors (Lipinski definition) is 5. The lowest BCUT2D eigenvalue weighted by atomic mass is 9.97. The summed E-state index contributed by atoms with van der Waals surface area (Å²) in [7, 11) is 1.63. The summed E-state index contributed by atoms with van der Waals surface area (Å²) >= 11 is 0. The molecule has 0 bridgehead atoms. The van der Waals surface area contributed by atoms with Gasteiger partial charge in [0, 0.05) is 6.00 Å². The molecule has 146 valence electrons. The molecule has 1 fully saturated rings. The highest BCUT2D eigenvalue weighted by molar-refractivity contribution is 7.47. The van der Waals surface area contributed by atoms with Gasteiger partial charge in [0.05, 0.1) is 19.3 Å². The number of ether oxygens (including phenoxy) is 1. The van der Waals surface area contributed by atoms with Gasteiger partial charge in [-0.05, 0) is 32.2 Å². The first kappa shape index (κ1) is 23.1. The molecular weight excluding hydrogens is 340 g/mol. The van der Waals surface area contributed by atoms with Gasteiger partial charge in [-0.2, -0.15) is 0 Å². The highest BCUT2D eigenvalue weighted by Crippen LogP contribution is 2.44. The first-order valence-electron chi connectivity index (χ1n) is 9.76. The Morgan fingerprint density at radius 2 is 1.52 bits per heavy atom. The van der Waals surface area contributed by atoms with Crippen LogP contribution in [0.2, 0.25) is 0 Å². The molecule has 8 heteroatoms. The zero-order valence-electron chi connectivity index (χ0n) is 15.4. The van der Waals surface area contributed by atoms with Crippen LogP contribution in [0.15, 0.2) is 0 Å². The van der Waals surface area contributed by atoms with E-state index < -0.39 is 7.82 Å². The van der Waals surface area contributed by atoms with Gasteiger partial charge in [0.2, 0.25) is 0 Å². The molecule has 0 aromatic rings. The SMILES string of the molecule is [B][C@H]1CC[C@@H](COP(=O)(O)OCCCCCCCCCCCCN)O1. The van der Waals surface area contributed by atoms with Gasteiger partial charge in [-0.3, -0.25) is 9.05 Å². The van der Waals surface area contributed by atoms with E-state index in [1.54, 1.807) is 0 Å². The van der Waals surface area contributed by atoms with Gasteiger partial charge in [-0.1, -0.05) is 51.4 Å². The maximum atomic E-state index is 11.8. The van der Waals surface area contributed by atoms with Crippen LogP contribution in [-0.4, -0.2) is 44.6 Å². The Hall–Kier alpha value is 0.0949. The Balaban J connectivity index is 1.87. The van der Waals surface area contributed by atoms with Crippen molar-refractivity contribution in [2.24, 2.45) is 5.73 Å². The number of nitrogens with two attached hydrogens (primary N) is 1. The van der Waals surface area contributed by atoms with Crippen LogP contribution in [0, 0.1) is 0 Å². The zero-order chi connectivity index (χ0) is 18.4. The van der Waals surface area contributed by atoms with Gasteiger partial charge < -0.3 is 15.4 Å². The monoisotopic (exact) mass is 375 g/mol. The second kappa shape index (κ2) is 14.2. The molecule has 6 nitrogen and oxygen atoms in total. The third kappa shape index (κ3) is 13.0. The van der Waals surface area contributed by atoms with Crippen molar-refractivity contribution in [3.05, 3.63) is 0 Å². The van der Waals surface area contributed by atoms with E-state index in [0.717, 1.165) is 45.1 Å². The fourth-order valence-electron chi connectivity index (χ4n) is 2.91. The molecule has 0 spiro atoms. The van der Waals surface area contributed by atoms with Crippen molar-refractivity contribution >= 4 is 15.7 Å². The Bertz CT molecular complexity index is 375. The summed E-state index contributed by atoms with van der Waals surface area (Å²) in [5.74, 6) is 0. The summed E-state index contributed by atoms with van der Waals surface area (Å²) in [6.45, 7) is 1.10. The van der Waals surface area contributed by atoms with E-state index in [0.29, 0.717) is 0 Å². The fourth-order valence-corrected chi connectivity index (χ4v) is 3.70. The van der Waals surface area contributed by atoms with E-state index in [4.69, 9.17) is 27.4 Å². The van der Waals surface area contributed by atoms with E-state index >= 15 is 0 Å². The molecule has 1 heterocycles. The second-order valence-electron chi connectivity index (χ2n) is 6.80. The molecule has 0 amide bonds. The van der Waals surface area contributed by atoms with Crippen LogP contribution in [0.25, 0.3) is 0 Å². The van der Waals surface area contributed by atoms with E-state index in [2.05, 4.69) is 0 Å². The quantitative estimate of drug-likeness (QED) is 0.243. The summed E-state index contributed by atoms with van der Waals surface area (Å²) in [6, 6.07) is -0.293. The third-order valence-corrected chi connectivity index (χ3v) is 5.40. The minimum Gasteiger partial charge on any atom is -0.382 e. The standard InChI is InChI=1S/C17H35BNO5P/c18-17-12-11-16(24-17)15-23-25(20,21)22-14-10-8-6-4-2-1-3-5-7-9-13-19/h16-17H,1-15,19H2,(H,20,21)/t16-,17+/m0/s1. The number of unbranched alkanes of at least 4 members (excludes halogenated alkanes) is 9. The lowest BCUT2D eigenvalue weighted by Gasteiger charge is -2.15. The molecular formula is C17H35BNO5P. The van der Waals surface area contributed by atoms with Gasteiger partial charge in [0.15, 0.2) is 0 Å². The Labute approximate surface area is 154 Å². The van der Waals surface area contributed by atoms with Crippen LogP contribution < -0.4 is 5.73 Å². The zero-order valence-corrected chi connectivity index (χ0v) is 16.3. The van der Waals surface area contributed by atoms with Crippen molar-refractivity contribution in [3.8, 4) is 0 Å². The maximum absolute atomic E-state index is 11.8. The highest BCUT2D eigenvalue weighted by Gasteiger charge is 2.27. The van der Waals surface area contributed by atoms with Gasteiger partial charge in [0.25, 0.3) is 0 Å². The largest absolute Gasteiger partial charge is 0.472 e. The highest BCUT2D eigenvalue weighted by atomic mass is 31.2. The van der Waals surface area contributed by atoms with Crippen molar-refractivity contribution in [2.75, 3.05) is 19.8 Å². The van der Waals surface area contributed by atoms with Crippen LogP contribution in [-0.2, 0) is 18.3 Å². The number of hydrogen-bond donors (Lipinski definition) is 2. The Morgan fingerprint density at radius 1 is 0.960 bits per heavy atom. The van der Waals surface area contributed by atoms with Crippen LogP contribution in [0.4, 0.5) is 0 Å². The molecule has 3 N–H and O–H groups in total. The second-order valence-corrected chi connectivity index (χ2v) is 8.25. The van der Waals surface area contributed by atoms with Crippen molar-refractivity contribution in [1.82, 2.24) is 0 Å². The molecule has 1 saturated heterocycles. The normalized spacial score (nSPS) is 23.0. The molecule has 2 radical (unpaired) electrons. The molecule has 0 aliphatic carbocycles. The first-order chi connectivity index (χ1) is 12.0.